The first-order valence-electron chi connectivity index (χ1n) is 25.4. The second-order valence-corrected chi connectivity index (χ2v) is 22.9. The molecule has 1 unspecified atom stereocenters. The van der Waals surface area contributed by atoms with E-state index in [1.54, 1.807) is 41.5 Å². The number of carbonyl (C=O) groups excluding carboxylic acids is 4. The van der Waals surface area contributed by atoms with E-state index < -0.39 is 63.3 Å². The molecule has 2 fully saturated rings. The summed E-state index contributed by atoms with van der Waals surface area (Å²) in [6.07, 6.45) is 0. The highest BCUT2D eigenvalue weighted by Crippen LogP contribution is 2.45. The molecule has 5 aromatic carbocycles. The van der Waals surface area contributed by atoms with E-state index in [-0.39, 0.29) is 61.8 Å². The summed E-state index contributed by atoms with van der Waals surface area (Å²) in [6.45, 7) is 3.14. The Labute approximate surface area is 475 Å². The molecule has 0 aliphatic carbocycles. The van der Waals surface area contributed by atoms with Crippen molar-refractivity contribution in [1.29, 1.82) is 0 Å². The van der Waals surface area contributed by atoms with Crippen molar-refractivity contribution in [2.45, 2.75) is 34.7 Å². The molecule has 2 atom stereocenters. The summed E-state index contributed by atoms with van der Waals surface area (Å²) in [6, 6.07) is 36.5. The van der Waals surface area contributed by atoms with Crippen molar-refractivity contribution in [2.75, 3.05) is 75.8 Å². The van der Waals surface area contributed by atoms with Crippen LogP contribution in [0.5, 0.6) is 5.75 Å². The zero-order valence-electron chi connectivity index (χ0n) is 43.7. The van der Waals surface area contributed by atoms with E-state index in [1.807, 2.05) is 103 Å². The molecule has 2 saturated heterocycles. The Morgan fingerprint density at radius 3 is 2.09 bits per heavy atom. The fourth-order valence-electron chi connectivity index (χ4n) is 9.79. The number of benzene rings is 5. The number of rotatable bonds is 19. The molecule has 2 aromatic heterocycles. The van der Waals surface area contributed by atoms with E-state index in [0.717, 1.165) is 45.9 Å². The van der Waals surface area contributed by atoms with E-state index >= 15 is 8.78 Å². The van der Waals surface area contributed by atoms with Gasteiger partial charge in [0, 0.05) is 48.5 Å². The van der Waals surface area contributed by atoms with Gasteiger partial charge in [-0.2, -0.15) is 0 Å². The summed E-state index contributed by atoms with van der Waals surface area (Å²) in [5.74, 6) is -4.45. The van der Waals surface area contributed by atoms with Crippen LogP contribution in [0.4, 0.5) is 19.6 Å². The number of piperazine rings is 1. The molecule has 0 radical (unpaired) electrons. The van der Waals surface area contributed by atoms with Crippen LogP contribution in [0, 0.1) is 11.6 Å². The molecule has 3 aliphatic heterocycles. The molecular weight excluding hydrogens is 1100 g/mol. The topological polar surface area (TPSA) is 181 Å². The second-order valence-electron chi connectivity index (χ2n) is 18.7. The number of hydrogen-bond acceptors (Lipinski definition) is 18. The zero-order chi connectivity index (χ0) is 56.1. The molecule has 16 nitrogen and oxygen atoms in total. The van der Waals surface area contributed by atoms with Gasteiger partial charge in [-0.25, -0.2) is 23.4 Å². The number of likely N-dealkylation sites (N-methyl/N-ethyl adjacent to an activating group) is 1. The Balaban J connectivity index is 0.941. The first-order valence-corrected chi connectivity index (χ1v) is 29.1. The standard InChI is InChI=1S/C58H53F2N7O9S4/c1-5-75-54(71)43-49(68)40-29-41(59)48(66-27-25-65(2)26-28-66)44(60)50(40)80-56(43)78-32-35-31-77-53-46(52(70)67(53)47(35)55(72)76-30-34-21-23-39(73-3)24-22-34)62-51(69)45(64-74-4)42-33-79-57(61-42)63-58(36-15-9-6-10-16-36,37-17-11-7-12-18-37)38-19-13-8-14-20-38/h6-24,29,33,46,53H,5,25-28,30-32H2,1-4H3,(H,61,63)(H,62,69)/b64-45-/t46?,53-/m1/s1. The van der Waals surface area contributed by atoms with Crippen molar-refractivity contribution in [2.24, 2.45) is 5.16 Å². The third-order valence-corrected chi connectivity index (χ3v) is 18.5. The second kappa shape index (κ2) is 24.4. The number of β-lactam (4-membered cyclic amide) rings is 1. The van der Waals surface area contributed by atoms with Gasteiger partial charge < -0.3 is 39.5 Å². The Morgan fingerprint density at radius 2 is 1.49 bits per heavy atom. The van der Waals surface area contributed by atoms with E-state index in [9.17, 15) is 24.0 Å². The van der Waals surface area contributed by atoms with E-state index in [1.165, 1.54) is 42.2 Å². The minimum absolute atomic E-state index is 0.0673. The van der Waals surface area contributed by atoms with Crippen LogP contribution in [0.25, 0.3) is 10.1 Å². The summed E-state index contributed by atoms with van der Waals surface area (Å²) in [4.78, 5) is 86.0. The van der Waals surface area contributed by atoms with Gasteiger partial charge in [-0.15, -0.1) is 46.2 Å². The molecule has 5 heterocycles. The number of amides is 2. The molecule has 22 heteroatoms. The minimum Gasteiger partial charge on any atom is -0.497 e. The molecule has 2 N–H and O–H groups in total. The van der Waals surface area contributed by atoms with E-state index in [2.05, 4.69) is 15.8 Å². The quantitative estimate of drug-likeness (QED) is 0.0196. The lowest BCUT2D eigenvalue weighted by Crippen LogP contribution is -2.71. The fourth-order valence-corrected chi connectivity index (χ4v) is 14.5. The number of oxime groups is 1. The number of fused-ring (bicyclic) bond motifs is 2. The number of halogens is 2. The lowest BCUT2D eigenvalue weighted by molar-refractivity contribution is -0.153. The number of aromatic nitrogens is 1. The molecule has 0 saturated carbocycles. The van der Waals surface area contributed by atoms with Gasteiger partial charge in [0.2, 0.25) is 5.43 Å². The number of esters is 2. The van der Waals surface area contributed by atoms with Gasteiger partial charge in [0.1, 0.15) is 64.9 Å². The number of carbonyl (C=O) groups is 4. The van der Waals surface area contributed by atoms with E-state index in [0.29, 0.717) is 48.2 Å². The van der Waals surface area contributed by atoms with Gasteiger partial charge in [-0.1, -0.05) is 108 Å². The minimum atomic E-state index is -1.15. The molecule has 412 valence electrons. The van der Waals surface area contributed by atoms with Crippen LogP contribution in [0.2, 0.25) is 0 Å². The Bertz CT molecular complexity index is 3490. The number of nitrogens with one attached hydrogen (secondary N) is 2. The summed E-state index contributed by atoms with van der Waals surface area (Å²) in [5, 5.41) is 11.6. The molecule has 0 bridgehead atoms. The molecule has 3 aliphatic rings. The molecule has 10 rings (SSSR count). The van der Waals surface area contributed by atoms with Crippen LogP contribution in [0.1, 0.15) is 45.2 Å². The smallest absolute Gasteiger partial charge is 0.355 e. The molecular formula is C58H53F2N7O9S4. The number of methoxy groups -OCH3 is 1. The lowest BCUT2D eigenvalue weighted by atomic mass is 9.77. The third-order valence-electron chi connectivity index (χ3n) is 13.8. The number of nitrogens with zero attached hydrogens (tertiary/aromatic N) is 5. The number of thioether (sulfide) groups is 2. The van der Waals surface area contributed by atoms with Crippen molar-refractivity contribution in [3.63, 3.8) is 0 Å². The number of hydrogen-bond donors (Lipinski definition) is 2. The van der Waals surface area contributed by atoms with Crippen molar-refractivity contribution >= 4 is 96.6 Å². The first kappa shape index (κ1) is 55.7. The Hall–Kier alpha value is -7.63. The first-order chi connectivity index (χ1) is 38.8. The maximum Gasteiger partial charge on any atom is 0.355 e. The number of ether oxygens (including phenoxy) is 3. The maximum absolute atomic E-state index is 16.7. The van der Waals surface area contributed by atoms with Gasteiger partial charge >= 0.3 is 11.9 Å². The van der Waals surface area contributed by atoms with Gasteiger partial charge in [0.15, 0.2) is 16.7 Å². The highest BCUT2D eigenvalue weighted by Gasteiger charge is 2.55. The summed E-state index contributed by atoms with van der Waals surface area (Å²) in [7, 11) is 4.74. The SMILES string of the molecule is CCOC(=O)c1c(SCC2=C(C(=O)OCc3ccc(OC)cc3)N3C(=O)C(NC(=O)/C(=N\OC)c4csc(NC(c5ccccc5)(c5ccccc5)c5ccccc5)n4)[C@H]3SC2)sc2c(F)c(N3CCN(C)CC3)c(F)cc2c1=O. The van der Waals surface area contributed by atoms with Crippen molar-refractivity contribution in [1.82, 2.24) is 20.1 Å². The van der Waals surface area contributed by atoms with Gasteiger partial charge in [0.05, 0.1) is 22.6 Å². The monoisotopic (exact) mass is 1160 g/mol. The predicted molar refractivity (Wildman–Crippen MR) is 308 cm³/mol. The summed E-state index contributed by atoms with van der Waals surface area (Å²) in [5.41, 5.74) is 1.18. The number of thiazole rings is 1. The largest absolute Gasteiger partial charge is 0.497 e. The third kappa shape index (κ3) is 11.0. The van der Waals surface area contributed by atoms with Crippen LogP contribution in [0.3, 0.4) is 0 Å². The van der Waals surface area contributed by atoms with Crippen LogP contribution in [-0.4, -0.2) is 121 Å². The average molecular weight is 1160 g/mol. The normalized spacial score (nSPS) is 16.7. The summed E-state index contributed by atoms with van der Waals surface area (Å²) >= 11 is 4.29. The van der Waals surface area contributed by atoms with Crippen molar-refractivity contribution in [3.8, 4) is 5.75 Å². The number of anilines is 2. The van der Waals surface area contributed by atoms with Gasteiger partial charge in [0.25, 0.3) is 11.8 Å². The molecule has 2 amide bonds. The highest BCUT2D eigenvalue weighted by molar-refractivity contribution is 8.02. The summed E-state index contributed by atoms with van der Waals surface area (Å²) < 4.78 is 48.8. The fraction of sp³-hybridized carbons (Fsp3) is 0.259. The maximum atomic E-state index is 16.7. The van der Waals surface area contributed by atoms with Crippen LogP contribution < -0.4 is 25.7 Å². The molecule has 0 spiro atoms. The van der Waals surface area contributed by atoms with Gasteiger partial charge in [-0.3, -0.25) is 19.3 Å². The Morgan fingerprint density at radius 1 is 0.850 bits per heavy atom. The Kier molecular flexibility index (Phi) is 17.0. The van der Waals surface area contributed by atoms with E-state index in [4.69, 9.17) is 24.0 Å². The van der Waals surface area contributed by atoms with Crippen LogP contribution in [0.15, 0.2) is 152 Å². The predicted octanol–water partition coefficient (Wildman–Crippen LogP) is 8.88. The van der Waals surface area contributed by atoms with Crippen LogP contribution >= 0.6 is 46.2 Å². The van der Waals surface area contributed by atoms with Crippen molar-refractivity contribution in [3.05, 3.63) is 193 Å². The van der Waals surface area contributed by atoms with Crippen molar-refractivity contribution < 1.29 is 47.0 Å². The molecule has 80 heavy (non-hydrogen) atoms. The average Bonchev–Trinajstić information content (AvgIpc) is 3.39. The van der Waals surface area contributed by atoms with Crippen LogP contribution in [-0.2, 0) is 40.8 Å². The lowest BCUT2D eigenvalue weighted by Gasteiger charge is -2.49. The highest BCUT2D eigenvalue weighted by atomic mass is 32.2. The zero-order valence-corrected chi connectivity index (χ0v) is 47.0. The molecule has 7 aromatic rings. The van der Waals surface area contributed by atoms with Gasteiger partial charge in [-0.05, 0) is 60.0 Å².